The van der Waals surface area contributed by atoms with E-state index in [4.69, 9.17) is 10.7 Å². The first kappa shape index (κ1) is 8.26. The largest absolute Gasteiger partial charge is 0.312 e. The fourth-order valence-electron chi connectivity index (χ4n) is 1.79. The van der Waals surface area contributed by atoms with Gasteiger partial charge in [0.25, 0.3) is 0 Å². The molecule has 0 aromatic carbocycles. The summed E-state index contributed by atoms with van der Waals surface area (Å²) in [5, 5.41) is 15.8. The van der Waals surface area contributed by atoms with Crippen molar-refractivity contribution in [2.75, 3.05) is 0 Å². The minimum Gasteiger partial charge on any atom is -0.312 e. The molecule has 0 spiro atoms. The van der Waals surface area contributed by atoms with Crippen LogP contribution in [0.15, 0.2) is 0 Å². The summed E-state index contributed by atoms with van der Waals surface area (Å²) in [5.41, 5.74) is -0.0486. The van der Waals surface area contributed by atoms with Crippen LogP contribution in [-0.2, 0) is 0 Å². The maximum absolute atomic E-state index is 8.56. The van der Waals surface area contributed by atoms with Crippen LogP contribution >= 0.6 is 0 Å². The van der Waals surface area contributed by atoms with Crippen molar-refractivity contribution >= 4 is 6.21 Å². The smallest absolute Gasteiger partial charge is 0.0631 e. The van der Waals surface area contributed by atoms with Gasteiger partial charge >= 0.3 is 0 Å². The maximum Gasteiger partial charge on any atom is 0.0631 e. The van der Waals surface area contributed by atoms with Crippen molar-refractivity contribution in [3.63, 3.8) is 0 Å². The Labute approximate surface area is 67.7 Å². The molecule has 1 aliphatic carbocycles. The van der Waals surface area contributed by atoms with E-state index >= 15 is 0 Å². The van der Waals surface area contributed by atoms with E-state index in [1.807, 2.05) is 0 Å². The number of rotatable bonds is 2. The molecule has 0 aromatic heterocycles. The summed E-state index contributed by atoms with van der Waals surface area (Å²) in [6.07, 6.45) is 7.79. The van der Waals surface area contributed by atoms with Crippen molar-refractivity contribution < 1.29 is 0 Å². The van der Waals surface area contributed by atoms with Crippen LogP contribution in [0, 0.1) is 22.2 Å². The molecule has 1 saturated carbocycles. The monoisotopic (exact) mass is 150 g/mol. The summed E-state index contributed by atoms with van der Waals surface area (Å²) < 4.78 is 0. The highest BCUT2D eigenvalue weighted by atomic mass is 14.4. The number of nitrogens with one attached hydrogen (secondary N) is 1. The Balaban J connectivity index is 2.58. The van der Waals surface area contributed by atoms with Crippen molar-refractivity contribution in [2.45, 2.75) is 38.5 Å². The molecule has 1 rings (SSSR count). The van der Waals surface area contributed by atoms with E-state index in [2.05, 4.69) is 6.07 Å². The number of nitrogens with zero attached hydrogens (tertiary/aromatic N) is 1. The molecule has 2 nitrogen and oxygen atoms in total. The van der Waals surface area contributed by atoms with E-state index in [1.165, 1.54) is 25.5 Å². The van der Waals surface area contributed by atoms with E-state index in [0.29, 0.717) is 6.42 Å². The van der Waals surface area contributed by atoms with E-state index in [0.717, 1.165) is 12.8 Å². The highest BCUT2D eigenvalue weighted by Gasteiger charge is 2.29. The summed E-state index contributed by atoms with van der Waals surface area (Å²) in [5.74, 6) is 0. The Bertz CT molecular complexity index is 172. The Morgan fingerprint density at radius 3 is 2.45 bits per heavy atom. The molecule has 0 aliphatic heterocycles. The summed E-state index contributed by atoms with van der Waals surface area (Å²) in [4.78, 5) is 0. The van der Waals surface area contributed by atoms with Crippen LogP contribution in [0.2, 0.25) is 0 Å². The van der Waals surface area contributed by atoms with Crippen molar-refractivity contribution in [2.24, 2.45) is 5.41 Å². The van der Waals surface area contributed by atoms with E-state index in [-0.39, 0.29) is 5.41 Å². The van der Waals surface area contributed by atoms with Crippen LogP contribution in [0.1, 0.15) is 38.5 Å². The number of hydrogen-bond donors (Lipinski definition) is 1. The van der Waals surface area contributed by atoms with Gasteiger partial charge in [-0.15, -0.1) is 0 Å². The fraction of sp³-hybridized carbons (Fsp3) is 0.778. The third kappa shape index (κ3) is 1.80. The first-order valence-corrected chi connectivity index (χ1v) is 4.22. The SMILES string of the molecule is N#CCC1(C=N)CCCCC1. The lowest BCUT2D eigenvalue weighted by Gasteiger charge is -2.30. The van der Waals surface area contributed by atoms with Crippen LogP contribution < -0.4 is 0 Å². The number of nitriles is 1. The third-order valence-electron chi connectivity index (χ3n) is 2.59. The molecule has 0 saturated heterocycles. The molecule has 0 unspecified atom stereocenters. The van der Waals surface area contributed by atoms with E-state index in [9.17, 15) is 0 Å². The Kier molecular flexibility index (Phi) is 2.64. The summed E-state index contributed by atoms with van der Waals surface area (Å²) in [6.45, 7) is 0. The average Bonchev–Trinajstić information content (AvgIpc) is 2.07. The Morgan fingerprint density at radius 2 is 2.00 bits per heavy atom. The fourth-order valence-corrected chi connectivity index (χ4v) is 1.79. The van der Waals surface area contributed by atoms with Crippen molar-refractivity contribution in [3.8, 4) is 6.07 Å². The zero-order valence-corrected chi connectivity index (χ0v) is 6.77. The zero-order chi connectivity index (χ0) is 8.16. The van der Waals surface area contributed by atoms with Crippen LogP contribution in [0.5, 0.6) is 0 Å². The third-order valence-corrected chi connectivity index (χ3v) is 2.59. The van der Waals surface area contributed by atoms with E-state index < -0.39 is 0 Å². The van der Waals surface area contributed by atoms with Gasteiger partial charge in [-0.25, -0.2) is 0 Å². The zero-order valence-electron chi connectivity index (χ0n) is 6.77. The molecular weight excluding hydrogens is 136 g/mol. The van der Waals surface area contributed by atoms with Crippen LogP contribution in [0.25, 0.3) is 0 Å². The molecule has 0 bridgehead atoms. The van der Waals surface area contributed by atoms with Crippen molar-refractivity contribution in [3.05, 3.63) is 0 Å². The van der Waals surface area contributed by atoms with Crippen LogP contribution in [-0.4, -0.2) is 6.21 Å². The molecule has 2 heteroatoms. The quantitative estimate of drug-likeness (QED) is 0.604. The predicted molar refractivity (Wildman–Crippen MR) is 44.5 cm³/mol. The van der Waals surface area contributed by atoms with Crippen LogP contribution in [0.3, 0.4) is 0 Å². The molecule has 1 N–H and O–H groups in total. The lowest BCUT2D eigenvalue weighted by Crippen LogP contribution is -2.24. The topological polar surface area (TPSA) is 47.6 Å². The van der Waals surface area contributed by atoms with Gasteiger partial charge < -0.3 is 5.41 Å². The summed E-state index contributed by atoms with van der Waals surface area (Å²) in [6, 6.07) is 2.18. The highest BCUT2D eigenvalue weighted by molar-refractivity contribution is 5.63. The molecular formula is C9H14N2. The lowest BCUT2D eigenvalue weighted by molar-refractivity contribution is 0.295. The van der Waals surface area contributed by atoms with Gasteiger partial charge in [0.05, 0.1) is 6.07 Å². The van der Waals surface area contributed by atoms with E-state index in [1.54, 1.807) is 0 Å². The summed E-state index contributed by atoms with van der Waals surface area (Å²) in [7, 11) is 0. The molecule has 0 radical (unpaired) electrons. The minimum absolute atomic E-state index is 0.0486. The maximum atomic E-state index is 8.56. The Hall–Kier alpha value is -0.840. The van der Waals surface area contributed by atoms with Gasteiger partial charge in [0, 0.05) is 18.1 Å². The average molecular weight is 150 g/mol. The van der Waals surface area contributed by atoms with Gasteiger partial charge in [0.2, 0.25) is 0 Å². The van der Waals surface area contributed by atoms with Gasteiger partial charge in [-0.2, -0.15) is 5.26 Å². The molecule has 0 heterocycles. The summed E-state index contributed by atoms with van der Waals surface area (Å²) >= 11 is 0. The second-order valence-corrected chi connectivity index (χ2v) is 3.40. The predicted octanol–water partition coefficient (Wildman–Crippen LogP) is 2.50. The van der Waals surface area contributed by atoms with Gasteiger partial charge in [0.15, 0.2) is 0 Å². The standard InChI is InChI=1S/C9H14N2/c10-7-6-9(8-11)4-2-1-3-5-9/h8,11H,1-6H2. The van der Waals surface area contributed by atoms with Gasteiger partial charge in [-0.3, -0.25) is 0 Å². The normalized spacial score (nSPS) is 22.1. The number of hydrogen-bond acceptors (Lipinski definition) is 2. The first-order chi connectivity index (χ1) is 5.33. The minimum atomic E-state index is -0.0486. The second kappa shape index (κ2) is 3.52. The van der Waals surface area contributed by atoms with Gasteiger partial charge in [0.1, 0.15) is 0 Å². The first-order valence-electron chi connectivity index (χ1n) is 4.22. The second-order valence-electron chi connectivity index (χ2n) is 3.40. The molecule has 60 valence electrons. The molecule has 11 heavy (non-hydrogen) atoms. The van der Waals surface area contributed by atoms with Gasteiger partial charge in [-0.1, -0.05) is 19.3 Å². The molecule has 1 fully saturated rings. The molecule has 1 aliphatic rings. The molecule has 0 aromatic rings. The van der Waals surface area contributed by atoms with Gasteiger partial charge in [-0.05, 0) is 12.8 Å². The van der Waals surface area contributed by atoms with Crippen molar-refractivity contribution in [1.82, 2.24) is 0 Å². The van der Waals surface area contributed by atoms with Crippen LogP contribution in [0.4, 0.5) is 0 Å². The van der Waals surface area contributed by atoms with Crippen molar-refractivity contribution in [1.29, 1.82) is 10.7 Å². The lowest BCUT2D eigenvalue weighted by atomic mass is 9.73. The molecule has 0 atom stereocenters. The highest BCUT2D eigenvalue weighted by Crippen LogP contribution is 2.36. The Morgan fingerprint density at radius 1 is 1.36 bits per heavy atom. The molecule has 0 amide bonds.